The van der Waals surface area contributed by atoms with Crippen LogP contribution in [0.25, 0.3) is 11.2 Å². The molecule has 1 unspecified atom stereocenters. The predicted octanol–water partition coefficient (Wildman–Crippen LogP) is -0.190. The molecule has 2 aromatic rings. The molecule has 3 rings (SSSR count). The van der Waals surface area contributed by atoms with E-state index < -0.39 is 36.5 Å². The number of nitrogens with zero attached hydrogens (tertiary/aromatic N) is 3. The zero-order valence-electron chi connectivity index (χ0n) is 14.5. The van der Waals surface area contributed by atoms with Crippen LogP contribution in [0.3, 0.4) is 0 Å². The number of imidazole rings is 1. The fraction of sp³-hybridized carbons (Fsp3) is 0.600. The zero-order valence-corrected chi connectivity index (χ0v) is 15.4. The molecule has 1 saturated heterocycles. The molecule has 0 bridgehead atoms. The summed E-state index contributed by atoms with van der Waals surface area (Å²) in [6.45, 7) is 4.42. The topological polar surface area (TPSA) is 139 Å². The van der Waals surface area contributed by atoms with Crippen LogP contribution in [0.1, 0.15) is 19.6 Å². The first-order valence-corrected chi connectivity index (χ1v) is 11.0. The van der Waals surface area contributed by atoms with Crippen molar-refractivity contribution >= 4 is 30.3 Å². The van der Waals surface area contributed by atoms with Crippen molar-refractivity contribution in [2.24, 2.45) is 0 Å². The summed E-state index contributed by atoms with van der Waals surface area (Å²) in [5, 5.41) is 21.4. The van der Waals surface area contributed by atoms with Gasteiger partial charge in [-0.05, 0) is 32.8 Å². The Morgan fingerprint density at radius 1 is 1.56 bits per heavy atom. The van der Waals surface area contributed by atoms with E-state index in [2.05, 4.69) is 34.6 Å². The molecule has 1 aliphatic rings. The number of hydrogen-bond donors (Lipinski definition) is 4. The van der Waals surface area contributed by atoms with Gasteiger partial charge >= 0.3 is 0 Å². The number of anilines is 1. The van der Waals surface area contributed by atoms with E-state index in [0.717, 1.165) is 6.16 Å². The van der Waals surface area contributed by atoms with Crippen LogP contribution in [-0.4, -0.2) is 73.3 Å². The van der Waals surface area contributed by atoms with Gasteiger partial charge in [-0.15, -0.1) is 13.2 Å². The van der Waals surface area contributed by atoms with Gasteiger partial charge in [0.25, 0.3) is 5.56 Å². The SMILES string of the molecule is C=P(C)(C)CC[C@H]1OC(n2cnc3c(=O)[nH]c(N)nc32)[C@@](C)(O)[C@@H]1O. The molecule has 3 heterocycles. The monoisotopic (exact) mass is 369 g/mol. The van der Waals surface area contributed by atoms with Crippen LogP contribution in [0.5, 0.6) is 0 Å². The van der Waals surface area contributed by atoms with Gasteiger partial charge in [0.2, 0.25) is 5.95 Å². The molecule has 25 heavy (non-hydrogen) atoms. The number of rotatable bonds is 4. The highest BCUT2D eigenvalue weighted by molar-refractivity contribution is 7.72. The third-order valence-electron chi connectivity index (χ3n) is 4.48. The Hall–Kier alpha value is -1.67. The number of nitrogen functional groups attached to an aromatic ring is 1. The van der Waals surface area contributed by atoms with Crippen LogP contribution in [-0.2, 0) is 4.74 Å². The Labute approximate surface area is 144 Å². The molecule has 0 amide bonds. The quantitative estimate of drug-likeness (QED) is 0.548. The first-order chi connectivity index (χ1) is 11.5. The van der Waals surface area contributed by atoms with Gasteiger partial charge in [-0.3, -0.25) is 14.3 Å². The van der Waals surface area contributed by atoms with E-state index in [1.165, 1.54) is 17.8 Å². The second-order valence-electron chi connectivity index (χ2n) is 7.42. The summed E-state index contributed by atoms with van der Waals surface area (Å²) >= 11 is 0. The lowest BCUT2D eigenvalue weighted by Gasteiger charge is -2.27. The van der Waals surface area contributed by atoms with E-state index >= 15 is 0 Å². The van der Waals surface area contributed by atoms with Crippen molar-refractivity contribution < 1.29 is 14.9 Å². The number of nitrogens with two attached hydrogens (primary N) is 1. The van der Waals surface area contributed by atoms with E-state index in [4.69, 9.17) is 10.5 Å². The molecule has 9 nitrogen and oxygen atoms in total. The van der Waals surface area contributed by atoms with Gasteiger partial charge < -0.3 is 20.7 Å². The van der Waals surface area contributed by atoms with Crippen LogP contribution in [0.4, 0.5) is 5.95 Å². The fourth-order valence-electron chi connectivity index (χ4n) is 3.06. The highest BCUT2D eigenvalue weighted by Crippen LogP contribution is 2.43. The van der Waals surface area contributed by atoms with Crippen molar-refractivity contribution in [2.45, 2.75) is 37.4 Å². The molecular formula is C15H24N5O4P. The molecule has 0 radical (unpaired) electrons. The molecular weight excluding hydrogens is 345 g/mol. The highest BCUT2D eigenvalue weighted by atomic mass is 31.2. The normalized spacial score (nSPS) is 30.2. The summed E-state index contributed by atoms with van der Waals surface area (Å²) in [6.07, 6.45) is 4.37. The molecule has 0 saturated carbocycles. The Kier molecular flexibility index (Phi) is 4.31. The maximum absolute atomic E-state index is 11.9. The van der Waals surface area contributed by atoms with Crippen molar-refractivity contribution in [2.75, 3.05) is 25.2 Å². The number of aliphatic hydroxyl groups is 2. The first-order valence-electron chi connectivity index (χ1n) is 7.96. The summed E-state index contributed by atoms with van der Waals surface area (Å²) in [4.78, 5) is 22.4. The third-order valence-corrected chi connectivity index (χ3v) is 5.95. The van der Waals surface area contributed by atoms with E-state index in [-0.39, 0.29) is 17.1 Å². The van der Waals surface area contributed by atoms with Crippen LogP contribution < -0.4 is 11.3 Å². The van der Waals surface area contributed by atoms with Gasteiger partial charge in [0.1, 0.15) is 11.7 Å². The first kappa shape index (κ1) is 18.1. The summed E-state index contributed by atoms with van der Waals surface area (Å²) in [6, 6.07) is 0. The van der Waals surface area contributed by atoms with Gasteiger partial charge in [-0.1, -0.05) is 0 Å². The standard InChI is InChI=1S/C15H24N5O4P/c1-15(23)10(21)8(5-6-25(2,3)4)24-13(15)20-7-17-9-11(20)18-14(16)19-12(9)22/h7-8,10,13,21,23H,2,5-6H2,1,3-4H3,(H3,16,18,19,22)/t8-,10-,13?,15+/m1/s1. The minimum absolute atomic E-state index is 0.0578. The molecule has 0 aliphatic carbocycles. The van der Waals surface area contributed by atoms with Crippen molar-refractivity contribution in [3.05, 3.63) is 16.7 Å². The van der Waals surface area contributed by atoms with Crippen LogP contribution in [0, 0.1) is 0 Å². The fourth-order valence-corrected chi connectivity index (χ4v) is 4.02. The average molecular weight is 369 g/mol. The van der Waals surface area contributed by atoms with Gasteiger partial charge in [0, 0.05) is 0 Å². The minimum Gasteiger partial charge on any atom is -0.387 e. The largest absolute Gasteiger partial charge is 0.387 e. The van der Waals surface area contributed by atoms with Crippen LogP contribution >= 0.6 is 6.89 Å². The molecule has 2 aromatic heterocycles. The predicted molar refractivity (Wildman–Crippen MR) is 98.5 cm³/mol. The third kappa shape index (κ3) is 3.25. The maximum atomic E-state index is 11.9. The number of nitrogens with one attached hydrogen (secondary N) is 1. The number of aromatic nitrogens is 4. The Morgan fingerprint density at radius 2 is 2.24 bits per heavy atom. The second-order valence-corrected chi connectivity index (χ2v) is 11.7. The van der Waals surface area contributed by atoms with Gasteiger partial charge in [-0.25, -0.2) is 4.98 Å². The Morgan fingerprint density at radius 3 is 2.88 bits per heavy atom. The summed E-state index contributed by atoms with van der Waals surface area (Å²) < 4.78 is 7.38. The van der Waals surface area contributed by atoms with Crippen molar-refractivity contribution in [1.29, 1.82) is 0 Å². The van der Waals surface area contributed by atoms with Gasteiger partial charge in [0.05, 0.1) is 12.4 Å². The van der Waals surface area contributed by atoms with Crippen molar-refractivity contribution in [3.63, 3.8) is 0 Å². The Balaban J connectivity index is 1.97. The second kappa shape index (κ2) is 5.95. The Bertz CT molecular complexity index is 899. The number of aromatic amines is 1. The van der Waals surface area contributed by atoms with Crippen LogP contribution in [0.15, 0.2) is 11.1 Å². The van der Waals surface area contributed by atoms with Gasteiger partial charge in [-0.2, -0.15) is 4.98 Å². The number of H-pyrrole nitrogens is 1. The number of ether oxygens (including phenoxy) is 1. The summed E-state index contributed by atoms with van der Waals surface area (Å²) in [5.74, 6) is -0.0578. The molecule has 1 fully saturated rings. The number of aliphatic hydroxyl groups excluding tert-OH is 1. The summed E-state index contributed by atoms with van der Waals surface area (Å²) in [7, 11) is 0. The molecule has 5 N–H and O–H groups in total. The average Bonchev–Trinajstić information content (AvgIpc) is 2.97. The van der Waals surface area contributed by atoms with E-state index in [0.29, 0.717) is 6.42 Å². The minimum atomic E-state index is -1.57. The molecule has 0 spiro atoms. The van der Waals surface area contributed by atoms with Gasteiger partial charge in [0.15, 0.2) is 17.4 Å². The summed E-state index contributed by atoms with van der Waals surface area (Å²) in [5.41, 5.74) is 3.86. The molecule has 1 aliphatic heterocycles. The molecule has 0 aromatic carbocycles. The van der Waals surface area contributed by atoms with E-state index in [9.17, 15) is 15.0 Å². The molecule has 10 heteroatoms. The smallest absolute Gasteiger partial charge is 0.280 e. The number of hydrogen-bond acceptors (Lipinski definition) is 7. The van der Waals surface area contributed by atoms with Crippen LogP contribution in [0.2, 0.25) is 0 Å². The lowest BCUT2D eigenvalue weighted by atomic mass is 9.95. The van der Waals surface area contributed by atoms with E-state index in [1.807, 2.05) is 0 Å². The van der Waals surface area contributed by atoms with Crippen molar-refractivity contribution in [1.82, 2.24) is 19.5 Å². The molecule has 4 atom stereocenters. The highest BCUT2D eigenvalue weighted by Gasteiger charge is 2.53. The number of fused-ring (bicyclic) bond motifs is 1. The maximum Gasteiger partial charge on any atom is 0.280 e. The lowest BCUT2D eigenvalue weighted by Crippen LogP contribution is -2.43. The van der Waals surface area contributed by atoms with E-state index in [1.54, 1.807) is 0 Å². The van der Waals surface area contributed by atoms with Crippen molar-refractivity contribution in [3.8, 4) is 0 Å². The molecule has 138 valence electrons. The zero-order chi connectivity index (χ0) is 18.6. The lowest BCUT2D eigenvalue weighted by molar-refractivity contribution is -0.0939.